The Morgan fingerprint density at radius 3 is 2.68 bits per heavy atom. The molecule has 0 saturated carbocycles. The summed E-state index contributed by atoms with van der Waals surface area (Å²) < 4.78 is 28.9. The van der Waals surface area contributed by atoms with Crippen LogP contribution in [0.4, 0.5) is 8.78 Å². The fourth-order valence-corrected chi connectivity index (χ4v) is 3.71. The summed E-state index contributed by atoms with van der Waals surface area (Å²) in [6.07, 6.45) is 5.65. The number of ketones is 1. The number of piperidine rings is 2. The molecule has 2 aliphatic rings. The molecule has 5 heteroatoms. The van der Waals surface area contributed by atoms with Crippen LogP contribution in [-0.2, 0) is 11.2 Å². The summed E-state index contributed by atoms with van der Waals surface area (Å²) in [5, 5.41) is 3.58. The minimum atomic E-state index is -2.84. The van der Waals surface area contributed by atoms with Crippen molar-refractivity contribution < 1.29 is 18.3 Å². The first-order valence-electron chi connectivity index (χ1n) is 7.92. The van der Waals surface area contributed by atoms with Gasteiger partial charge in [0.2, 0.25) is 0 Å². The first-order valence-corrected chi connectivity index (χ1v) is 7.92. The van der Waals surface area contributed by atoms with Crippen molar-refractivity contribution in [3.8, 4) is 5.75 Å². The molecular formula is C17H21F2NO2. The van der Waals surface area contributed by atoms with Gasteiger partial charge < -0.3 is 10.1 Å². The molecule has 1 aromatic rings. The smallest absolute Gasteiger partial charge is 0.387 e. The lowest BCUT2D eigenvalue weighted by Crippen LogP contribution is -2.50. The van der Waals surface area contributed by atoms with Crippen LogP contribution in [0.2, 0.25) is 0 Å². The molecule has 22 heavy (non-hydrogen) atoms. The molecule has 2 bridgehead atoms. The van der Waals surface area contributed by atoms with Crippen molar-refractivity contribution in [1.29, 1.82) is 0 Å². The van der Waals surface area contributed by atoms with E-state index in [0.29, 0.717) is 18.5 Å². The lowest BCUT2D eigenvalue weighted by molar-refractivity contribution is -0.124. The van der Waals surface area contributed by atoms with Gasteiger partial charge in [0.05, 0.1) is 0 Å². The summed E-state index contributed by atoms with van der Waals surface area (Å²) in [5.41, 5.74) is 0.742. The van der Waals surface area contributed by atoms with Gasteiger partial charge in [0.1, 0.15) is 11.5 Å². The lowest BCUT2D eigenvalue weighted by Gasteiger charge is -2.39. The molecule has 2 aliphatic heterocycles. The van der Waals surface area contributed by atoms with Gasteiger partial charge in [0.25, 0.3) is 0 Å². The molecule has 3 nitrogen and oxygen atoms in total. The van der Waals surface area contributed by atoms with E-state index in [1.807, 2.05) is 0 Å². The second kappa shape index (κ2) is 6.73. The van der Waals surface area contributed by atoms with Crippen LogP contribution < -0.4 is 10.1 Å². The van der Waals surface area contributed by atoms with E-state index in [2.05, 4.69) is 10.1 Å². The zero-order valence-electron chi connectivity index (χ0n) is 12.4. The van der Waals surface area contributed by atoms with Gasteiger partial charge in [0.15, 0.2) is 0 Å². The third-order valence-electron chi connectivity index (χ3n) is 4.67. The Hall–Kier alpha value is -1.49. The maximum Gasteiger partial charge on any atom is 0.387 e. The van der Waals surface area contributed by atoms with Crippen LogP contribution in [0.3, 0.4) is 0 Å². The number of carbonyl (C=O) groups excluding carboxylic acids is 1. The summed E-state index contributed by atoms with van der Waals surface area (Å²) >= 11 is 0. The van der Waals surface area contributed by atoms with Crippen molar-refractivity contribution in [3.05, 3.63) is 29.8 Å². The molecule has 120 valence electrons. The van der Waals surface area contributed by atoms with Crippen molar-refractivity contribution in [2.75, 3.05) is 0 Å². The van der Waals surface area contributed by atoms with Crippen LogP contribution in [0.15, 0.2) is 24.3 Å². The number of hydrogen-bond acceptors (Lipinski definition) is 3. The van der Waals surface area contributed by atoms with Gasteiger partial charge in [-0.05, 0) is 43.4 Å². The molecule has 0 radical (unpaired) electrons. The monoisotopic (exact) mass is 309 g/mol. The Morgan fingerprint density at radius 2 is 2.00 bits per heavy atom. The van der Waals surface area contributed by atoms with Crippen LogP contribution in [0, 0.1) is 5.92 Å². The summed E-state index contributed by atoms with van der Waals surface area (Å²) in [6.45, 7) is -2.84. The van der Waals surface area contributed by atoms with Crippen molar-refractivity contribution >= 4 is 5.78 Å². The normalized spacial score (nSPS) is 27.7. The van der Waals surface area contributed by atoms with Crippen LogP contribution in [0.1, 0.15) is 37.7 Å². The lowest BCUT2D eigenvalue weighted by atomic mass is 9.77. The summed E-state index contributed by atoms with van der Waals surface area (Å²) in [5.74, 6) is 0.423. The quantitative estimate of drug-likeness (QED) is 0.907. The van der Waals surface area contributed by atoms with Crippen molar-refractivity contribution in [2.45, 2.75) is 57.2 Å². The second-order valence-electron chi connectivity index (χ2n) is 6.33. The van der Waals surface area contributed by atoms with E-state index >= 15 is 0 Å². The minimum absolute atomic E-state index is 0.0937. The van der Waals surface area contributed by atoms with Gasteiger partial charge in [-0.3, -0.25) is 4.79 Å². The second-order valence-corrected chi connectivity index (χ2v) is 6.33. The van der Waals surface area contributed by atoms with Gasteiger partial charge in [-0.15, -0.1) is 0 Å². The Labute approximate surface area is 129 Å². The van der Waals surface area contributed by atoms with E-state index < -0.39 is 6.61 Å². The molecule has 0 amide bonds. The average Bonchev–Trinajstić information content (AvgIpc) is 2.46. The number of rotatable bonds is 5. The number of halogens is 2. The molecule has 1 N–H and O–H groups in total. The van der Waals surface area contributed by atoms with Crippen molar-refractivity contribution in [2.24, 2.45) is 5.92 Å². The number of alkyl halides is 2. The van der Waals surface area contributed by atoms with E-state index in [1.165, 1.54) is 18.6 Å². The first-order chi connectivity index (χ1) is 10.6. The van der Waals surface area contributed by atoms with Gasteiger partial charge >= 0.3 is 6.61 Å². The number of carbonyl (C=O) groups is 1. The molecule has 2 fully saturated rings. The van der Waals surface area contributed by atoms with Gasteiger partial charge in [0, 0.05) is 24.4 Å². The number of ether oxygens (including phenoxy) is 1. The Bertz CT molecular complexity index is 523. The summed E-state index contributed by atoms with van der Waals surface area (Å²) in [6, 6.07) is 7.39. The largest absolute Gasteiger partial charge is 0.435 e. The first kappa shape index (κ1) is 15.4. The van der Waals surface area contributed by atoms with Crippen molar-refractivity contribution in [1.82, 2.24) is 5.32 Å². The van der Waals surface area contributed by atoms with Crippen LogP contribution in [-0.4, -0.2) is 24.5 Å². The fourth-order valence-electron chi connectivity index (χ4n) is 3.71. The molecular weight excluding hydrogens is 288 g/mol. The number of Topliss-reactive ketones (excluding diaryl/α,β-unsaturated/α-hetero) is 1. The Balaban J connectivity index is 1.61. The maximum atomic E-state index is 12.5. The van der Waals surface area contributed by atoms with E-state index in [1.54, 1.807) is 12.1 Å². The summed E-state index contributed by atoms with van der Waals surface area (Å²) in [4.78, 5) is 12.5. The zero-order valence-corrected chi connectivity index (χ0v) is 12.4. The number of fused-ring (bicyclic) bond motifs is 2. The molecule has 0 aromatic heterocycles. The zero-order chi connectivity index (χ0) is 15.5. The predicted octanol–water partition coefficient (Wildman–Crippen LogP) is 3.32. The standard InChI is InChI=1S/C17H21F2NO2/c18-17(19)22-15-6-1-3-11(7-15)8-16(21)12-9-13-4-2-5-14(10-12)20-13/h1,3,6-7,12-14,17,20H,2,4-5,8-10H2. The predicted molar refractivity (Wildman–Crippen MR) is 79.1 cm³/mol. The van der Waals surface area contributed by atoms with E-state index in [0.717, 1.165) is 31.2 Å². The fraction of sp³-hybridized carbons (Fsp3) is 0.588. The Kier molecular flexibility index (Phi) is 4.71. The summed E-state index contributed by atoms with van der Waals surface area (Å²) in [7, 11) is 0. The molecule has 0 spiro atoms. The molecule has 3 rings (SSSR count). The van der Waals surface area contributed by atoms with Gasteiger partial charge in [-0.1, -0.05) is 18.6 Å². The third-order valence-corrected chi connectivity index (χ3v) is 4.67. The van der Waals surface area contributed by atoms with Gasteiger partial charge in [-0.25, -0.2) is 0 Å². The number of hydrogen-bond donors (Lipinski definition) is 1. The van der Waals surface area contributed by atoms with Crippen LogP contribution >= 0.6 is 0 Å². The van der Waals surface area contributed by atoms with Crippen LogP contribution in [0.25, 0.3) is 0 Å². The number of benzene rings is 1. The third kappa shape index (κ3) is 3.83. The van der Waals surface area contributed by atoms with Crippen LogP contribution in [0.5, 0.6) is 5.75 Å². The van der Waals surface area contributed by atoms with Crippen molar-refractivity contribution in [3.63, 3.8) is 0 Å². The average molecular weight is 309 g/mol. The van der Waals surface area contributed by atoms with E-state index in [4.69, 9.17) is 0 Å². The highest BCUT2D eigenvalue weighted by molar-refractivity contribution is 5.83. The minimum Gasteiger partial charge on any atom is -0.435 e. The van der Waals surface area contributed by atoms with Gasteiger partial charge in [-0.2, -0.15) is 8.78 Å². The molecule has 2 heterocycles. The van der Waals surface area contributed by atoms with E-state index in [-0.39, 0.29) is 17.5 Å². The molecule has 0 aliphatic carbocycles. The highest BCUT2D eigenvalue weighted by Crippen LogP contribution is 2.31. The topological polar surface area (TPSA) is 38.3 Å². The maximum absolute atomic E-state index is 12.5. The Morgan fingerprint density at radius 1 is 1.27 bits per heavy atom. The SMILES string of the molecule is O=C(Cc1cccc(OC(F)F)c1)C1CC2CCCC(C1)N2. The highest BCUT2D eigenvalue weighted by atomic mass is 19.3. The highest BCUT2D eigenvalue weighted by Gasteiger charge is 2.34. The molecule has 2 saturated heterocycles. The molecule has 1 aromatic carbocycles. The number of nitrogens with one attached hydrogen (secondary N) is 1. The molecule has 2 atom stereocenters. The molecule has 2 unspecified atom stereocenters. The van der Waals surface area contributed by atoms with E-state index in [9.17, 15) is 13.6 Å².